The number of ether oxygens (including phenoxy) is 1. The van der Waals surface area contributed by atoms with Crippen molar-refractivity contribution in [1.82, 2.24) is 5.32 Å². The average Bonchev–Trinajstić information content (AvgIpc) is 2.35. The number of unbranched alkanes of at least 4 members (excludes halogenated alkanes) is 1. The van der Waals surface area contributed by atoms with Crippen LogP contribution in [0.2, 0.25) is 0 Å². The van der Waals surface area contributed by atoms with Crippen LogP contribution in [0.5, 0.6) is 0 Å². The summed E-state index contributed by atoms with van der Waals surface area (Å²) in [6.07, 6.45) is 5.87. The molecule has 2 atom stereocenters. The highest BCUT2D eigenvalue weighted by atomic mass is 16.5. The lowest BCUT2D eigenvalue weighted by molar-refractivity contribution is 0.0782. The number of nitrogens with zero attached hydrogens (tertiary/aromatic N) is 1. The van der Waals surface area contributed by atoms with Crippen LogP contribution in [0.3, 0.4) is 0 Å². The predicted molar refractivity (Wildman–Crippen MR) is 81.9 cm³/mol. The van der Waals surface area contributed by atoms with Crippen molar-refractivity contribution in [2.45, 2.75) is 65.8 Å². The third-order valence-corrected chi connectivity index (χ3v) is 4.05. The number of nitrogens with one attached hydrogen (secondary N) is 1. The highest BCUT2D eigenvalue weighted by Crippen LogP contribution is 2.46. The Hall–Kier alpha value is -1.35. The minimum atomic E-state index is -0.358. The third-order valence-electron chi connectivity index (χ3n) is 4.05. The number of aliphatic imine (C=N–C) groups is 1. The lowest BCUT2D eigenvalue weighted by Gasteiger charge is -2.45. The fourth-order valence-corrected chi connectivity index (χ4v) is 3.52. The predicted octanol–water partition coefficient (Wildman–Crippen LogP) is 3.43. The Balaban J connectivity index is 2.54. The second kappa shape index (κ2) is 7.60. The molecule has 21 heavy (non-hydrogen) atoms. The molecule has 0 saturated heterocycles. The molecule has 0 heterocycles. The maximum atomic E-state index is 11.7. The van der Waals surface area contributed by atoms with Gasteiger partial charge in [-0.2, -0.15) is 0 Å². The largest absolute Gasteiger partial charge is 0.450 e. The van der Waals surface area contributed by atoms with Crippen LogP contribution >= 0.6 is 0 Å². The van der Waals surface area contributed by atoms with Crippen LogP contribution in [0.4, 0.5) is 4.79 Å². The van der Waals surface area contributed by atoms with Gasteiger partial charge in [-0.25, -0.2) is 14.6 Å². The molecule has 2 unspecified atom stereocenters. The van der Waals surface area contributed by atoms with Gasteiger partial charge in [-0.15, -0.1) is 0 Å². The van der Waals surface area contributed by atoms with Crippen molar-refractivity contribution in [1.29, 1.82) is 0 Å². The summed E-state index contributed by atoms with van der Waals surface area (Å²) in [5.41, 5.74) is 0.0301. The molecule has 1 aliphatic rings. The van der Waals surface area contributed by atoms with Crippen LogP contribution in [0, 0.1) is 10.8 Å². The number of amides is 1. The normalized spacial score (nSPS) is 27.5. The maximum absolute atomic E-state index is 11.7. The zero-order chi connectivity index (χ0) is 15.9. The van der Waals surface area contributed by atoms with Gasteiger partial charge in [0.1, 0.15) is 0 Å². The highest BCUT2D eigenvalue weighted by molar-refractivity contribution is 5.67. The standard InChI is InChI=1S/C16H28N2O3/c1-5-6-7-21-14(20)17-11-16(4)9-13(18-12-19)8-15(2,3)10-16/h13H,5-11H2,1-4H3,(H,17,20). The van der Waals surface area contributed by atoms with Gasteiger partial charge in [-0.1, -0.05) is 34.1 Å². The van der Waals surface area contributed by atoms with Crippen LogP contribution in [-0.4, -0.2) is 31.4 Å². The Morgan fingerprint density at radius 2 is 2.10 bits per heavy atom. The smallest absolute Gasteiger partial charge is 0.407 e. The molecule has 0 radical (unpaired) electrons. The van der Waals surface area contributed by atoms with Crippen molar-refractivity contribution in [3.05, 3.63) is 0 Å². The van der Waals surface area contributed by atoms with Gasteiger partial charge >= 0.3 is 6.09 Å². The van der Waals surface area contributed by atoms with E-state index in [9.17, 15) is 9.59 Å². The van der Waals surface area contributed by atoms with Gasteiger partial charge in [0.05, 0.1) is 12.6 Å². The quantitative estimate of drug-likeness (QED) is 0.464. The monoisotopic (exact) mass is 296 g/mol. The van der Waals surface area contributed by atoms with Crippen molar-refractivity contribution in [2.24, 2.45) is 15.8 Å². The number of carbonyl (C=O) groups is 1. The molecule has 1 rings (SSSR count). The van der Waals surface area contributed by atoms with Gasteiger partial charge in [0, 0.05) is 6.54 Å². The molecule has 5 nitrogen and oxygen atoms in total. The first-order chi connectivity index (χ1) is 9.80. The van der Waals surface area contributed by atoms with Crippen molar-refractivity contribution in [3.8, 4) is 0 Å². The molecule has 0 aliphatic heterocycles. The minimum Gasteiger partial charge on any atom is -0.450 e. The first kappa shape index (κ1) is 17.7. The minimum absolute atomic E-state index is 0.00541. The van der Waals surface area contributed by atoms with Gasteiger partial charge in [0.25, 0.3) is 0 Å². The Bertz CT molecular complexity index is 402. The van der Waals surface area contributed by atoms with Crippen LogP contribution in [0.25, 0.3) is 0 Å². The zero-order valence-corrected chi connectivity index (χ0v) is 13.7. The van der Waals surface area contributed by atoms with Crippen LogP contribution in [0.15, 0.2) is 4.99 Å². The number of rotatable bonds is 6. The van der Waals surface area contributed by atoms with E-state index in [1.54, 1.807) is 6.08 Å². The number of alkyl carbamates (subject to hydrolysis) is 1. The summed E-state index contributed by atoms with van der Waals surface area (Å²) in [7, 11) is 0. The van der Waals surface area contributed by atoms with Gasteiger partial charge in [0.2, 0.25) is 6.08 Å². The van der Waals surface area contributed by atoms with E-state index in [1.807, 2.05) is 0 Å². The number of isocyanates is 1. The van der Waals surface area contributed by atoms with Crippen molar-refractivity contribution in [3.63, 3.8) is 0 Å². The lowest BCUT2D eigenvalue weighted by atomic mass is 9.63. The molecule has 1 amide bonds. The first-order valence-electron chi connectivity index (χ1n) is 7.78. The number of hydrogen-bond donors (Lipinski definition) is 1. The molecule has 1 N–H and O–H groups in total. The summed E-state index contributed by atoms with van der Waals surface area (Å²) in [5.74, 6) is 0. The van der Waals surface area contributed by atoms with Crippen molar-refractivity contribution in [2.75, 3.05) is 13.2 Å². The molecular formula is C16H28N2O3. The van der Waals surface area contributed by atoms with E-state index in [0.29, 0.717) is 13.2 Å². The molecule has 1 saturated carbocycles. The van der Waals surface area contributed by atoms with E-state index in [-0.39, 0.29) is 23.0 Å². The van der Waals surface area contributed by atoms with Gasteiger partial charge < -0.3 is 10.1 Å². The molecule has 5 heteroatoms. The Kier molecular flexibility index (Phi) is 6.41. The summed E-state index contributed by atoms with van der Waals surface area (Å²) in [5, 5.41) is 2.85. The highest BCUT2D eigenvalue weighted by Gasteiger charge is 2.41. The molecule has 1 fully saturated rings. The number of carbonyl (C=O) groups excluding carboxylic acids is 2. The van der Waals surface area contributed by atoms with E-state index < -0.39 is 0 Å². The molecule has 0 bridgehead atoms. The van der Waals surface area contributed by atoms with E-state index in [1.165, 1.54) is 0 Å². The second-order valence-corrected chi connectivity index (χ2v) is 7.28. The second-order valence-electron chi connectivity index (χ2n) is 7.28. The van der Waals surface area contributed by atoms with E-state index in [0.717, 1.165) is 32.1 Å². The lowest BCUT2D eigenvalue weighted by Crippen LogP contribution is -2.44. The van der Waals surface area contributed by atoms with Crippen molar-refractivity contribution >= 4 is 12.2 Å². The first-order valence-corrected chi connectivity index (χ1v) is 7.78. The number of hydrogen-bond acceptors (Lipinski definition) is 4. The van der Waals surface area contributed by atoms with E-state index in [4.69, 9.17) is 4.74 Å². The third kappa shape index (κ3) is 6.30. The summed E-state index contributed by atoms with van der Waals surface area (Å²) in [6, 6.07) is -0.00541. The average molecular weight is 296 g/mol. The Morgan fingerprint density at radius 1 is 1.38 bits per heavy atom. The molecule has 0 aromatic rings. The van der Waals surface area contributed by atoms with Crippen LogP contribution in [-0.2, 0) is 9.53 Å². The zero-order valence-electron chi connectivity index (χ0n) is 13.7. The summed E-state index contributed by atoms with van der Waals surface area (Å²) in [4.78, 5) is 26.1. The molecular weight excluding hydrogens is 268 g/mol. The van der Waals surface area contributed by atoms with E-state index in [2.05, 4.69) is 38.0 Å². The summed E-state index contributed by atoms with van der Waals surface area (Å²) in [6.45, 7) is 9.55. The Labute approximate surface area is 127 Å². The molecule has 0 spiro atoms. The molecule has 120 valence electrons. The van der Waals surface area contributed by atoms with Crippen LogP contribution in [0.1, 0.15) is 59.8 Å². The van der Waals surface area contributed by atoms with Crippen molar-refractivity contribution < 1.29 is 14.3 Å². The molecule has 0 aromatic heterocycles. The molecule has 1 aliphatic carbocycles. The maximum Gasteiger partial charge on any atom is 0.407 e. The van der Waals surface area contributed by atoms with Crippen LogP contribution < -0.4 is 5.32 Å². The Morgan fingerprint density at radius 3 is 2.71 bits per heavy atom. The van der Waals surface area contributed by atoms with E-state index >= 15 is 0 Å². The topological polar surface area (TPSA) is 67.8 Å². The summed E-state index contributed by atoms with van der Waals surface area (Å²) >= 11 is 0. The fourth-order valence-electron chi connectivity index (χ4n) is 3.52. The summed E-state index contributed by atoms with van der Waals surface area (Å²) < 4.78 is 5.11. The van der Waals surface area contributed by atoms with Gasteiger partial charge in [0.15, 0.2) is 0 Å². The van der Waals surface area contributed by atoms with Gasteiger partial charge in [-0.05, 0) is 36.5 Å². The molecule has 0 aromatic carbocycles. The van der Waals surface area contributed by atoms with Gasteiger partial charge in [-0.3, -0.25) is 0 Å². The SMILES string of the molecule is CCCCOC(=O)NCC1(C)CC(N=C=O)CC(C)(C)C1. The fraction of sp³-hybridized carbons (Fsp3) is 0.875.